The van der Waals surface area contributed by atoms with Gasteiger partial charge in [-0.3, -0.25) is 0 Å². The SMILES string of the molecule is CCC(CC)CC(Br)O[P+](=O)OC(Br)CC(CC)CC. The normalized spacial score (nSPS) is 15.7. The maximum absolute atomic E-state index is 11.8. The Kier molecular flexibility index (Phi) is 13.1. The van der Waals surface area contributed by atoms with Gasteiger partial charge in [0.05, 0.1) is 0 Å². The maximum Gasteiger partial charge on any atom is 0.699 e. The fourth-order valence-corrected chi connectivity index (χ4v) is 4.54. The summed E-state index contributed by atoms with van der Waals surface area (Å²) in [5, 5.41) is -0.410. The molecule has 20 heavy (non-hydrogen) atoms. The number of rotatable bonds is 12. The van der Waals surface area contributed by atoms with Crippen molar-refractivity contribution in [3.8, 4) is 0 Å². The smallest absolute Gasteiger partial charge is 0.104 e. The fourth-order valence-electron chi connectivity index (χ4n) is 2.07. The van der Waals surface area contributed by atoms with Gasteiger partial charge in [-0.2, -0.15) is 0 Å². The first kappa shape index (κ1) is 21.0. The van der Waals surface area contributed by atoms with E-state index >= 15 is 0 Å². The first-order valence-electron chi connectivity index (χ1n) is 7.55. The van der Waals surface area contributed by atoms with E-state index in [1.54, 1.807) is 0 Å². The van der Waals surface area contributed by atoms with Gasteiger partial charge < -0.3 is 0 Å². The third-order valence-electron chi connectivity index (χ3n) is 3.75. The molecule has 0 saturated heterocycles. The third-order valence-corrected chi connectivity index (χ3v) is 6.30. The molecule has 2 atom stereocenters. The summed E-state index contributed by atoms with van der Waals surface area (Å²) in [6, 6.07) is 0. The van der Waals surface area contributed by atoms with Crippen molar-refractivity contribution in [1.29, 1.82) is 0 Å². The van der Waals surface area contributed by atoms with Crippen LogP contribution in [0.5, 0.6) is 0 Å². The number of alkyl halides is 2. The average Bonchev–Trinajstić information content (AvgIpc) is 2.41. The van der Waals surface area contributed by atoms with Crippen molar-refractivity contribution in [2.75, 3.05) is 0 Å². The van der Waals surface area contributed by atoms with E-state index in [2.05, 4.69) is 59.6 Å². The van der Waals surface area contributed by atoms with E-state index in [9.17, 15) is 4.57 Å². The van der Waals surface area contributed by atoms with Gasteiger partial charge in [-0.15, -0.1) is 9.05 Å². The highest BCUT2D eigenvalue weighted by atomic mass is 79.9. The summed E-state index contributed by atoms with van der Waals surface area (Å²) in [5.74, 6) is 1.18. The van der Waals surface area contributed by atoms with Gasteiger partial charge in [-0.25, -0.2) is 0 Å². The highest BCUT2D eigenvalue weighted by Gasteiger charge is 2.31. The van der Waals surface area contributed by atoms with Crippen LogP contribution in [0.15, 0.2) is 0 Å². The molecule has 120 valence electrons. The molecule has 0 spiro atoms. The first-order valence-corrected chi connectivity index (χ1v) is 10.5. The Morgan fingerprint density at radius 1 is 0.800 bits per heavy atom. The zero-order chi connectivity index (χ0) is 15.5. The van der Waals surface area contributed by atoms with Gasteiger partial charge in [-0.05, 0) is 24.7 Å². The summed E-state index contributed by atoms with van der Waals surface area (Å²) in [5.41, 5.74) is 0. The number of halogens is 2. The lowest BCUT2D eigenvalue weighted by Gasteiger charge is -2.14. The molecule has 0 aromatic heterocycles. The van der Waals surface area contributed by atoms with E-state index in [1.165, 1.54) is 0 Å². The van der Waals surface area contributed by atoms with Crippen LogP contribution in [0.2, 0.25) is 0 Å². The lowest BCUT2D eigenvalue weighted by Crippen LogP contribution is -2.11. The van der Waals surface area contributed by atoms with Crippen LogP contribution in [0.4, 0.5) is 0 Å². The van der Waals surface area contributed by atoms with Gasteiger partial charge in [0.15, 0.2) is 10.0 Å². The molecule has 2 unspecified atom stereocenters. The predicted octanol–water partition coefficient (Wildman–Crippen LogP) is 6.77. The van der Waals surface area contributed by atoms with Crippen LogP contribution in [0.1, 0.15) is 66.2 Å². The van der Waals surface area contributed by atoms with Gasteiger partial charge in [0.25, 0.3) is 0 Å². The zero-order valence-electron chi connectivity index (χ0n) is 13.0. The number of hydrogen-bond donors (Lipinski definition) is 0. The first-order chi connectivity index (χ1) is 9.46. The minimum absolute atomic E-state index is 0.205. The lowest BCUT2D eigenvalue weighted by molar-refractivity contribution is 0.176. The van der Waals surface area contributed by atoms with Gasteiger partial charge >= 0.3 is 8.25 Å². The summed E-state index contributed by atoms with van der Waals surface area (Å²) in [7, 11) is -2.08. The summed E-state index contributed by atoms with van der Waals surface area (Å²) in [6.45, 7) is 8.65. The standard InChI is InChI=1S/C14H28Br2O3P/c1-5-11(6-2)9-13(15)18-20(17)19-14(16)10-12(7-3)8-4/h11-14H,5-10H2,1-4H3/q+1. The largest absolute Gasteiger partial charge is 0.699 e. The van der Waals surface area contributed by atoms with E-state index in [0.717, 1.165) is 38.5 Å². The summed E-state index contributed by atoms with van der Waals surface area (Å²) < 4.78 is 22.6. The average molecular weight is 435 g/mol. The van der Waals surface area contributed by atoms with Crippen molar-refractivity contribution in [2.24, 2.45) is 11.8 Å². The molecule has 0 aromatic carbocycles. The molecule has 0 bridgehead atoms. The Morgan fingerprint density at radius 3 is 1.35 bits per heavy atom. The van der Waals surface area contributed by atoms with Gasteiger partial charge in [0.1, 0.15) is 0 Å². The maximum atomic E-state index is 11.8. The van der Waals surface area contributed by atoms with Crippen LogP contribution < -0.4 is 0 Å². The molecule has 0 saturated carbocycles. The van der Waals surface area contributed by atoms with Gasteiger partial charge in [-0.1, -0.05) is 85.2 Å². The minimum Gasteiger partial charge on any atom is -0.104 e. The molecule has 3 nitrogen and oxygen atoms in total. The van der Waals surface area contributed by atoms with E-state index in [0.29, 0.717) is 11.8 Å². The highest BCUT2D eigenvalue weighted by molar-refractivity contribution is 9.09. The Labute approximate surface area is 141 Å². The van der Waals surface area contributed by atoms with E-state index in [1.807, 2.05) is 0 Å². The van der Waals surface area contributed by atoms with Crippen molar-refractivity contribution in [3.05, 3.63) is 0 Å². The lowest BCUT2D eigenvalue weighted by atomic mass is 10.0. The molecule has 0 heterocycles. The second-order valence-corrected chi connectivity index (χ2v) is 8.00. The molecule has 0 aliphatic heterocycles. The molecule has 0 aliphatic rings. The van der Waals surface area contributed by atoms with Crippen LogP contribution >= 0.6 is 40.1 Å². The quantitative estimate of drug-likeness (QED) is 0.251. The van der Waals surface area contributed by atoms with Crippen LogP contribution in [-0.4, -0.2) is 10.0 Å². The van der Waals surface area contributed by atoms with Crippen molar-refractivity contribution >= 4 is 40.1 Å². The second-order valence-electron chi connectivity index (χ2n) is 5.09. The topological polar surface area (TPSA) is 35.5 Å². The predicted molar refractivity (Wildman–Crippen MR) is 92.6 cm³/mol. The minimum atomic E-state index is -2.08. The summed E-state index contributed by atoms with van der Waals surface area (Å²) >= 11 is 6.86. The molecule has 0 fully saturated rings. The molecule has 6 heteroatoms. The van der Waals surface area contributed by atoms with E-state index < -0.39 is 8.25 Å². The monoisotopic (exact) mass is 433 g/mol. The fraction of sp³-hybridized carbons (Fsp3) is 1.00. The van der Waals surface area contributed by atoms with Gasteiger partial charge in [0.2, 0.25) is 0 Å². The van der Waals surface area contributed by atoms with Crippen molar-refractivity contribution in [1.82, 2.24) is 0 Å². The van der Waals surface area contributed by atoms with Crippen LogP contribution in [0, 0.1) is 11.8 Å². The van der Waals surface area contributed by atoms with Crippen molar-refractivity contribution in [3.63, 3.8) is 0 Å². The molecule has 0 radical (unpaired) electrons. The zero-order valence-corrected chi connectivity index (χ0v) is 17.0. The number of hydrogen-bond acceptors (Lipinski definition) is 3. The van der Waals surface area contributed by atoms with Crippen LogP contribution in [0.25, 0.3) is 0 Å². The van der Waals surface area contributed by atoms with Crippen LogP contribution in [-0.2, 0) is 13.6 Å². The van der Waals surface area contributed by atoms with Crippen LogP contribution in [0.3, 0.4) is 0 Å². The summed E-state index contributed by atoms with van der Waals surface area (Å²) in [6.07, 6.45) is 6.14. The van der Waals surface area contributed by atoms with E-state index in [4.69, 9.17) is 9.05 Å². The molecular formula is C14H28Br2O3P+. The third kappa shape index (κ3) is 9.83. The van der Waals surface area contributed by atoms with Crippen molar-refractivity contribution in [2.45, 2.75) is 76.2 Å². The Morgan fingerprint density at radius 2 is 1.10 bits per heavy atom. The van der Waals surface area contributed by atoms with E-state index in [-0.39, 0.29) is 10.0 Å². The molecular weight excluding hydrogens is 407 g/mol. The van der Waals surface area contributed by atoms with Gasteiger partial charge in [0, 0.05) is 4.57 Å². The molecule has 0 amide bonds. The highest BCUT2D eigenvalue weighted by Crippen LogP contribution is 2.36. The Hall–Kier alpha value is 0.980. The molecule has 0 rings (SSSR count). The Balaban J connectivity index is 4.02. The Bertz CT molecular complexity index is 235. The van der Waals surface area contributed by atoms with Crippen molar-refractivity contribution < 1.29 is 13.6 Å². The summed E-state index contributed by atoms with van der Waals surface area (Å²) in [4.78, 5) is 0. The molecule has 0 aromatic rings. The molecule has 0 aliphatic carbocycles. The molecule has 0 N–H and O–H groups in total. The second kappa shape index (κ2) is 12.5.